The van der Waals surface area contributed by atoms with Crippen LogP contribution in [0.4, 0.5) is 11.4 Å². The van der Waals surface area contributed by atoms with E-state index in [2.05, 4.69) is 10.3 Å². The molecule has 7 heteroatoms. The highest BCUT2D eigenvalue weighted by Gasteiger charge is 2.21. The first-order valence-electron chi connectivity index (χ1n) is 6.13. The molecule has 1 aromatic carbocycles. The molecule has 7 nitrogen and oxygen atoms in total. The highest BCUT2D eigenvalue weighted by Crippen LogP contribution is 2.25. The summed E-state index contributed by atoms with van der Waals surface area (Å²) in [5.41, 5.74) is 3.54. The summed E-state index contributed by atoms with van der Waals surface area (Å²) in [6.45, 7) is 2.16. The smallest absolute Gasteiger partial charge is 0.293 e. The minimum absolute atomic E-state index is 0.00364. The first-order chi connectivity index (χ1) is 9.11. The zero-order valence-electron chi connectivity index (χ0n) is 10.8. The minimum atomic E-state index is -0.433. The van der Waals surface area contributed by atoms with E-state index in [0.29, 0.717) is 18.3 Å². The van der Waals surface area contributed by atoms with Gasteiger partial charge < -0.3 is 10.2 Å². The molecule has 0 aliphatic carbocycles. The number of benzene rings is 1. The molecule has 1 atom stereocenters. The number of hydrogen-bond donors (Lipinski definition) is 2. The van der Waals surface area contributed by atoms with Crippen molar-refractivity contribution in [2.45, 2.75) is 19.0 Å². The normalized spacial score (nSPS) is 18.8. The molecule has 0 amide bonds. The molecule has 1 saturated heterocycles. The van der Waals surface area contributed by atoms with Crippen LogP contribution < -0.4 is 11.3 Å². The molecule has 1 aliphatic rings. The first kappa shape index (κ1) is 13.7. The molecule has 104 valence electrons. The summed E-state index contributed by atoms with van der Waals surface area (Å²) in [6.07, 6.45) is 1.00. The number of nitrogens with two attached hydrogens (primary N) is 1. The van der Waals surface area contributed by atoms with Gasteiger partial charge in [-0.25, -0.2) is 0 Å². The van der Waals surface area contributed by atoms with Gasteiger partial charge >= 0.3 is 0 Å². The van der Waals surface area contributed by atoms with Crippen LogP contribution in [0.1, 0.15) is 12.0 Å². The molecule has 0 aromatic heterocycles. The number of rotatable bonds is 5. The number of nitro groups is 1. The van der Waals surface area contributed by atoms with Crippen molar-refractivity contribution in [2.24, 2.45) is 5.84 Å². The molecule has 0 spiro atoms. The molecule has 19 heavy (non-hydrogen) atoms. The lowest BCUT2D eigenvalue weighted by molar-refractivity contribution is -0.384. The lowest BCUT2D eigenvalue weighted by Gasteiger charge is -2.22. The van der Waals surface area contributed by atoms with Crippen molar-refractivity contribution in [1.29, 1.82) is 0 Å². The van der Waals surface area contributed by atoms with E-state index >= 15 is 0 Å². The zero-order chi connectivity index (χ0) is 13.8. The summed E-state index contributed by atoms with van der Waals surface area (Å²) in [5.74, 6) is 5.26. The largest absolute Gasteiger partial charge is 0.380 e. The van der Waals surface area contributed by atoms with Gasteiger partial charge in [-0.15, -0.1) is 0 Å². The third-order valence-corrected chi connectivity index (χ3v) is 3.38. The average molecular weight is 266 g/mol. The predicted molar refractivity (Wildman–Crippen MR) is 71.6 cm³/mol. The number of anilines is 1. The Labute approximate surface area is 111 Å². The number of nitrogens with zero attached hydrogens (tertiary/aromatic N) is 2. The minimum Gasteiger partial charge on any atom is -0.380 e. The number of nitrogen functional groups attached to an aromatic ring is 1. The quantitative estimate of drug-likeness (QED) is 0.471. The van der Waals surface area contributed by atoms with E-state index < -0.39 is 4.92 Å². The number of nitrogens with one attached hydrogen (secondary N) is 1. The van der Waals surface area contributed by atoms with E-state index in [-0.39, 0.29) is 5.69 Å². The second-order valence-electron chi connectivity index (χ2n) is 4.69. The van der Waals surface area contributed by atoms with E-state index in [4.69, 9.17) is 10.6 Å². The summed E-state index contributed by atoms with van der Waals surface area (Å²) in [5, 5.41) is 11.0. The van der Waals surface area contributed by atoms with Gasteiger partial charge in [0, 0.05) is 25.3 Å². The fraction of sp³-hybridized carbons (Fsp3) is 0.500. The van der Waals surface area contributed by atoms with Crippen molar-refractivity contribution >= 4 is 11.4 Å². The van der Waals surface area contributed by atoms with Crippen molar-refractivity contribution < 1.29 is 9.66 Å². The summed E-state index contributed by atoms with van der Waals surface area (Å²) in [4.78, 5) is 12.7. The molecule has 0 saturated carbocycles. The molecular weight excluding hydrogens is 248 g/mol. The predicted octanol–water partition coefficient (Wildman–Crippen LogP) is 1.10. The lowest BCUT2D eigenvalue weighted by atomic mass is 10.1. The van der Waals surface area contributed by atoms with Gasteiger partial charge in [0.25, 0.3) is 5.69 Å². The van der Waals surface area contributed by atoms with Crippen molar-refractivity contribution in [3.05, 3.63) is 33.9 Å². The summed E-state index contributed by atoms with van der Waals surface area (Å²) in [6, 6.07) is 5.41. The van der Waals surface area contributed by atoms with E-state index in [9.17, 15) is 10.1 Å². The Balaban J connectivity index is 2.11. The van der Waals surface area contributed by atoms with Crippen LogP contribution >= 0.6 is 0 Å². The number of nitro benzene ring substituents is 1. The Morgan fingerprint density at radius 1 is 1.63 bits per heavy atom. The van der Waals surface area contributed by atoms with Crippen LogP contribution in [0.3, 0.4) is 0 Å². The SMILES string of the molecule is CN(Cc1ccc(NN)c([N+](=O)[O-])c1)C1CCOC1. The van der Waals surface area contributed by atoms with Crippen molar-refractivity contribution in [3.8, 4) is 0 Å². The second kappa shape index (κ2) is 5.96. The number of likely N-dealkylation sites (N-methyl/N-ethyl adjacent to an activating group) is 1. The molecule has 0 radical (unpaired) electrons. The highest BCUT2D eigenvalue weighted by molar-refractivity contribution is 5.61. The van der Waals surface area contributed by atoms with E-state index in [1.54, 1.807) is 12.1 Å². The Morgan fingerprint density at radius 3 is 3.00 bits per heavy atom. The first-order valence-corrected chi connectivity index (χ1v) is 6.13. The van der Waals surface area contributed by atoms with Crippen LogP contribution in [0.2, 0.25) is 0 Å². The molecule has 1 aromatic rings. The number of ether oxygens (including phenoxy) is 1. The Kier molecular flexibility index (Phi) is 4.31. The maximum Gasteiger partial charge on any atom is 0.293 e. The van der Waals surface area contributed by atoms with Crippen LogP contribution in [-0.4, -0.2) is 36.1 Å². The van der Waals surface area contributed by atoms with Crippen molar-refractivity contribution in [2.75, 3.05) is 25.7 Å². The molecule has 1 unspecified atom stereocenters. The van der Waals surface area contributed by atoms with Crippen molar-refractivity contribution in [1.82, 2.24) is 4.90 Å². The van der Waals surface area contributed by atoms with E-state index in [0.717, 1.165) is 25.2 Å². The monoisotopic (exact) mass is 266 g/mol. The average Bonchev–Trinajstić information content (AvgIpc) is 2.92. The van der Waals surface area contributed by atoms with Crippen LogP contribution in [0.25, 0.3) is 0 Å². The summed E-state index contributed by atoms with van der Waals surface area (Å²) >= 11 is 0. The van der Waals surface area contributed by atoms with Gasteiger partial charge in [-0.3, -0.25) is 20.9 Å². The molecule has 0 bridgehead atoms. The highest BCUT2D eigenvalue weighted by atomic mass is 16.6. The van der Waals surface area contributed by atoms with E-state index in [1.807, 2.05) is 13.1 Å². The lowest BCUT2D eigenvalue weighted by Crippen LogP contribution is -2.31. The van der Waals surface area contributed by atoms with Gasteiger partial charge in [0.15, 0.2) is 0 Å². The van der Waals surface area contributed by atoms with Crippen LogP contribution in [0.15, 0.2) is 18.2 Å². The van der Waals surface area contributed by atoms with Gasteiger partial charge in [0.2, 0.25) is 0 Å². The Hall–Kier alpha value is -1.70. The maximum atomic E-state index is 11.0. The number of hydrogen-bond acceptors (Lipinski definition) is 6. The fourth-order valence-corrected chi connectivity index (χ4v) is 2.24. The fourth-order valence-electron chi connectivity index (χ4n) is 2.24. The van der Waals surface area contributed by atoms with Crippen LogP contribution in [0.5, 0.6) is 0 Å². The molecule has 2 rings (SSSR count). The molecule has 3 N–H and O–H groups in total. The third-order valence-electron chi connectivity index (χ3n) is 3.38. The molecule has 1 aliphatic heterocycles. The molecule has 1 fully saturated rings. The molecule has 1 heterocycles. The summed E-state index contributed by atoms with van der Waals surface area (Å²) in [7, 11) is 2.00. The topological polar surface area (TPSA) is 93.7 Å². The van der Waals surface area contributed by atoms with Gasteiger partial charge in [-0.1, -0.05) is 6.07 Å². The van der Waals surface area contributed by atoms with Gasteiger partial charge in [-0.05, 0) is 25.1 Å². The van der Waals surface area contributed by atoms with Crippen LogP contribution in [0, 0.1) is 10.1 Å². The van der Waals surface area contributed by atoms with Crippen LogP contribution in [-0.2, 0) is 11.3 Å². The van der Waals surface area contributed by atoms with Crippen molar-refractivity contribution in [3.63, 3.8) is 0 Å². The zero-order valence-corrected chi connectivity index (χ0v) is 10.8. The Morgan fingerprint density at radius 2 is 2.42 bits per heavy atom. The second-order valence-corrected chi connectivity index (χ2v) is 4.69. The standard InChI is InChI=1S/C12H18N4O3/c1-15(10-4-5-19-8-10)7-9-2-3-11(14-13)12(6-9)16(17)18/h2-3,6,10,14H,4-5,7-8,13H2,1H3. The maximum absolute atomic E-state index is 11.0. The van der Waals surface area contributed by atoms with Gasteiger partial charge in [0.1, 0.15) is 5.69 Å². The Bertz CT molecular complexity index is 460. The van der Waals surface area contributed by atoms with Gasteiger partial charge in [0.05, 0.1) is 11.5 Å². The summed E-state index contributed by atoms with van der Waals surface area (Å²) < 4.78 is 5.34. The van der Waals surface area contributed by atoms with Gasteiger partial charge in [-0.2, -0.15) is 0 Å². The number of hydrazine groups is 1. The van der Waals surface area contributed by atoms with E-state index in [1.165, 1.54) is 0 Å². The third kappa shape index (κ3) is 3.19. The molecular formula is C12H18N4O3.